The number of benzene rings is 1. The average molecular weight is 171 g/mol. The number of hydrogen-bond acceptors (Lipinski definition) is 3. The second-order valence-electron chi connectivity index (χ2n) is 2.14. The summed E-state index contributed by atoms with van der Waals surface area (Å²) in [6.45, 7) is 0. The number of anilines is 1. The largest absolute Gasteiger partial charge is 0.396 e. The number of nitrogens with zero attached hydrogens (tertiary/aromatic N) is 1. The van der Waals surface area contributed by atoms with Crippen molar-refractivity contribution in [2.24, 2.45) is 10.9 Å². The molecule has 0 fully saturated rings. The highest BCUT2D eigenvalue weighted by molar-refractivity contribution is 5.86. The van der Waals surface area contributed by atoms with Crippen molar-refractivity contribution in [3.05, 3.63) is 29.3 Å². The molecule has 0 amide bonds. The van der Waals surface area contributed by atoms with Crippen LogP contribution < -0.4 is 11.6 Å². The topological polar surface area (TPSA) is 64.4 Å². The van der Waals surface area contributed by atoms with Gasteiger partial charge in [-0.15, -0.1) is 0 Å². The van der Waals surface area contributed by atoms with Gasteiger partial charge in [0.2, 0.25) is 0 Å². The fourth-order valence-corrected chi connectivity index (χ4v) is 0.774. The molecule has 0 saturated carbocycles. The molecule has 0 aromatic heterocycles. The molecule has 5 heteroatoms. The van der Waals surface area contributed by atoms with Gasteiger partial charge in [0, 0.05) is 5.56 Å². The summed E-state index contributed by atoms with van der Waals surface area (Å²) in [5, 5.41) is 3.14. The molecular formula is C7H7F2N3. The second-order valence-corrected chi connectivity index (χ2v) is 2.14. The number of nitrogens with two attached hydrogens (primary N) is 2. The maximum absolute atomic E-state index is 12.7. The summed E-state index contributed by atoms with van der Waals surface area (Å²) < 4.78 is 25.2. The molecule has 0 heterocycles. The van der Waals surface area contributed by atoms with Crippen LogP contribution >= 0.6 is 0 Å². The van der Waals surface area contributed by atoms with Crippen molar-refractivity contribution >= 4 is 11.9 Å². The van der Waals surface area contributed by atoms with Crippen LogP contribution in [0.25, 0.3) is 0 Å². The highest BCUT2D eigenvalue weighted by Crippen LogP contribution is 2.17. The Bertz CT molecular complexity index is 323. The summed E-state index contributed by atoms with van der Waals surface area (Å²) in [4.78, 5) is 0. The molecule has 64 valence electrons. The van der Waals surface area contributed by atoms with E-state index in [-0.39, 0.29) is 11.3 Å². The van der Waals surface area contributed by atoms with Gasteiger partial charge in [-0.2, -0.15) is 5.10 Å². The summed E-state index contributed by atoms with van der Waals surface area (Å²) in [7, 11) is 0. The highest BCUT2D eigenvalue weighted by atomic mass is 19.2. The van der Waals surface area contributed by atoms with E-state index in [2.05, 4.69) is 5.10 Å². The zero-order valence-corrected chi connectivity index (χ0v) is 6.09. The van der Waals surface area contributed by atoms with Crippen LogP contribution in [-0.4, -0.2) is 6.21 Å². The minimum absolute atomic E-state index is 0.261. The molecule has 1 aromatic carbocycles. The van der Waals surface area contributed by atoms with Crippen molar-refractivity contribution in [2.75, 3.05) is 5.73 Å². The van der Waals surface area contributed by atoms with E-state index in [0.717, 1.165) is 12.3 Å². The summed E-state index contributed by atoms with van der Waals surface area (Å²) in [5.41, 5.74) is 5.18. The standard InChI is InChI=1S/C7H7F2N3/c8-5-2-1-4(3-12-11)7(10)6(5)9/h1-3H,10-11H2. The van der Waals surface area contributed by atoms with E-state index in [0.29, 0.717) is 0 Å². The van der Waals surface area contributed by atoms with Crippen molar-refractivity contribution in [1.29, 1.82) is 0 Å². The molecule has 0 spiro atoms. The Labute approximate surface area is 67.7 Å². The number of hydrogen-bond donors (Lipinski definition) is 2. The van der Waals surface area contributed by atoms with Crippen molar-refractivity contribution in [3.8, 4) is 0 Å². The predicted octanol–water partition coefficient (Wildman–Crippen LogP) is 0.840. The third-order valence-corrected chi connectivity index (χ3v) is 1.38. The second kappa shape index (κ2) is 3.17. The fourth-order valence-electron chi connectivity index (χ4n) is 0.774. The van der Waals surface area contributed by atoms with Gasteiger partial charge < -0.3 is 11.6 Å². The molecule has 12 heavy (non-hydrogen) atoms. The third kappa shape index (κ3) is 1.34. The molecule has 1 rings (SSSR count). The van der Waals surface area contributed by atoms with Crippen LogP contribution in [0.1, 0.15) is 5.56 Å². The van der Waals surface area contributed by atoms with E-state index in [1.807, 2.05) is 0 Å². The summed E-state index contributed by atoms with van der Waals surface area (Å²) in [6, 6.07) is 2.26. The number of hydrazone groups is 1. The zero-order valence-electron chi connectivity index (χ0n) is 6.09. The van der Waals surface area contributed by atoms with E-state index in [1.165, 1.54) is 6.07 Å². The van der Waals surface area contributed by atoms with Gasteiger partial charge in [-0.3, -0.25) is 0 Å². The van der Waals surface area contributed by atoms with E-state index < -0.39 is 11.6 Å². The van der Waals surface area contributed by atoms with Crippen LogP contribution in [0.2, 0.25) is 0 Å². The minimum atomic E-state index is -1.08. The molecule has 3 nitrogen and oxygen atoms in total. The maximum atomic E-state index is 12.7. The first-order valence-electron chi connectivity index (χ1n) is 3.13. The molecule has 0 aliphatic heterocycles. The average Bonchev–Trinajstić information content (AvgIpc) is 2.07. The Balaban J connectivity index is 3.26. The minimum Gasteiger partial charge on any atom is -0.396 e. The van der Waals surface area contributed by atoms with Crippen LogP contribution in [0, 0.1) is 11.6 Å². The molecule has 0 aliphatic rings. The van der Waals surface area contributed by atoms with Crippen molar-refractivity contribution in [2.45, 2.75) is 0 Å². The summed E-state index contributed by atoms with van der Waals surface area (Å²) in [6.07, 6.45) is 1.15. The Morgan fingerprint density at radius 3 is 2.58 bits per heavy atom. The van der Waals surface area contributed by atoms with Gasteiger partial charge in [-0.05, 0) is 12.1 Å². The Kier molecular flexibility index (Phi) is 2.23. The molecule has 0 saturated heterocycles. The number of nitrogen functional groups attached to an aromatic ring is 1. The molecule has 0 aliphatic carbocycles. The predicted molar refractivity (Wildman–Crippen MR) is 42.6 cm³/mol. The van der Waals surface area contributed by atoms with E-state index in [4.69, 9.17) is 11.6 Å². The van der Waals surface area contributed by atoms with Gasteiger partial charge in [0.25, 0.3) is 0 Å². The van der Waals surface area contributed by atoms with Crippen molar-refractivity contribution < 1.29 is 8.78 Å². The number of halogens is 2. The van der Waals surface area contributed by atoms with E-state index in [1.54, 1.807) is 0 Å². The first-order valence-corrected chi connectivity index (χ1v) is 3.13. The lowest BCUT2D eigenvalue weighted by Gasteiger charge is -2.00. The maximum Gasteiger partial charge on any atom is 0.182 e. The summed E-state index contributed by atoms with van der Waals surface area (Å²) in [5.74, 6) is 2.75. The van der Waals surface area contributed by atoms with E-state index in [9.17, 15) is 8.78 Å². The molecule has 0 radical (unpaired) electrons. The summed E-state index contributed by atoms with van der Waals surface area (Å²) >= 11 is 0. The SMILES string of the molecule is NN=Cc1ccc(F)c(F)c1N. The molecule has 0 bridgehead atoms. The normalized spacial score (nSPS) is 10.8. The molecule has 0 unspecified atom stereocenters. The van der Waals surface area contributed by atoms with Gasteiger partial charge in [0.05, 0.1) is 11.9 Å². The smallest absolute Gasteiger partial charge is 0.182 e. The van der Waals surface area contributed by atoms with Crippen LogP contribution in [-0.2, 0) is 0 Å². The Hall–Kier alpha value is -1.65. The van der Waals surface area contributed by atoms with Crippen LogP contribution in [0.5, 0.6) is 0 Å². The molecular weight excluding hydrogens is 164 g/mol. The lowest BCUT2D eigenvalue weighted by Crippen LogP contribution is -2.00. The lowest BCUT2D eigenvalue weighted by atomic mass is 10.2. The molecule has 0 atom stereocenters. The first kappa shape index (κ1) is 8.45. The quantitative estimate of drug-likeness (QED) is 0.284. The van der Waals surface area contributed by atoms with Gasteiger partial charge in [-0.1, -0.05) is 0 Å². The van der Waals surface area contributed by atoms with Gasteiger partial charge in [-0.25, -0.2) is 8.78 Å². The number of rotatable bonds is 1. The third-order valence-electron chi connectivity index (χ3n) is 1.38. The molecule has 1 aromatic rings. The van der Waals surface area contributed by atoms with Crippen molar-refractivity contribution in [3.63, 3.8) is 0 Å². The lowest BCUT2D eigenvalue weighted by molar-refractivity contribution is 0.512. The van der Waals surface area contributed by atoms with E-state index >= 15 is 0 Å². The first-order chi connectivity index (χ1) is 5.66. The Morgan fingerprint density at radius 1 is 1.33 bits per heavy atom. The molecule has 4 N–H and O–H groups in total. The zero-order chi connectivity index (χ0) is 9.14. The van der Waals surface area contributed by atoms with Crippen LogP contribution in [0.4, 0.5) is 14.5 Å². The highest BCUT2D eigenvalue weighted by Gasteiger charge is 2.08. The fraction of sp³-hybridized carbons (Fsp3) is 0. The monoisotopic (exact) mass is 171 g/mol. The van der Waals surface area contributed by atoms with Crippen molar-refractivity contribution in [1.82, 2.24) is 0 Å². The Morgan fingerprint density at radius 2 is 2.00 bits per heavy atom. The van der Waals surface area contributed by atoms with Gasteiger partial charge in [0.1, 0.15) is 0 Å². The van der Waals surface area contributed by atoms with Crippen LogP contribution in [0.15, 0.2) is 17.2 Å². The van der Waals surface area contributed by atoms with Gasteiger partial charge in [0.15, 0.2) is 11.6 Å². The van der Waals surface area contributed by atoms with Crippen LogP contribution in [0.3, 0.4) is 0 Å². The van der Waals surface area contributed by atoms with Gasteiger partial charge >= 0.3 is 0 Å².